The van der Waals surface area contributed by atoms with E-state index in [0.29, 0.717) is 0 Å². The van der Waals surface area contributed by atoms with Crippen molar-refractivity contribution in [2.24, 2.45) is 0 Å². The van der Waals surface area contributed by atoms with E-state index in [4.69, 9.17) is 0 Å². The minimum atomic E-state index is -1.05. The van der Waals surface area contributed by atoms with E-state index < -0.39 is 5.97 Å². The van der Waals surface area contributed by atoms with Crippen LogP contribution in [0.4, 0.5) is 0 Å². The summed E-state index contributed by atoms with van der Waals surface area (Å²) in [5.41, 5.74) is 4.01. The molecule has 0 unspecified atom stereocenters. The number of carbonyl (C=O) groups excluding carboxylic acids is 1. The van der Waals surface area contributed by atoms with E-state index in [0.717, 1.165) is 28.2 Å². The second-order valence-electron chi connectivity index (χ2n) is 6.81. The summed E-state index contributed by atoms with van der Waals surface area (Å²) in [5.74, 6) is 6.67. The number of aliphatic carboxylic acids is 1. The Hall–Kier alpha value is -1.70. The normalized spacial score (nSPS) is 15.0. The van der Waals surface area contributed by atoms with Crippen LogP contribution >= 0.6 is 23.1 Å². The van der Waals surface area contributed by atoms with E-state index >= 15 is 0 Å². The lowest BCUT2D eigenvalue weighted by Crippen LogP contribution is -2.29. The summed E-state index contributed by atoms with van der Waals surface area (Å²) >= 11 is 3.39. The number of hydrogen-bond donors (Lipinski definition) is 0. The van der Waals surface area contributed by atoms with Crippen molar-refractivity contribution in [3.63, 3.8) is 0 Å². The lowest BCUT2D eigenvalue weighted by molar-refractivity contribution is -0.304. The minimum Gasteiger partial charge on any atom is -0.550 e. The highest BCUT2D eigenvalue weighted by atomic mass is 32.2. The fraction of sp³-hybridized carbons (Fsp3) is 0.409. The first-order valence-electron chi connectivity index (χ1n) is 9.06. The molecule has 0 N–H and O–H groups in total. The van der Waals surface area contributed by atoms with E-state index in [2.05, 4.69) is 44.7 Å². The standard InChI is InChI=1S/C22H24O2S2/c1-4-22(5-2)10-11-25-20-12-15(3)16(13-19(20)22)6-7-17-8-9-18(26-17)14-21(23)24/h8-9,12-13H,4-5,10-11,14H2,1-3H3,(H,23,24)/p-1. The van der Waals surface area contributed by atoms with E-state index in [1.807, 2.05) is 23.9 Å². The largest absolute Gasteiger partial charge is 0.550 e. The number of thioether (sulfide) groups is 1. The highest BCUT2D eigenvalue weighted by Gasteiger charge is 2.34. The molecule has 1 aromatic carbocycles. The summed E-state index contributed by atoms with van der Waals surface area (Å²) in [6.07, 6.45) is 3.50. The molecule has 3 rings (SSSR count). The molecular formula is C22H23O2S2-. The third-order valence-corrected chi connectivity index (χ3v) is 7.45. The Bertz CT molecular complexity index is 879. The van der Waals surface area contributed by atoms with Gasteiger partial charge < -0.3 is 9.90 Å². The molecule has 0 bridgehead atoms. The molecule has 0 atom stereocenters. The molecule has 2 heterocycles. The maximum absolute atomic E-state index is 10.7. The lowest BCUT2D eigenvalue weighted by Gasteiger charge is -2.38. The van der Waals surface area contributed by atoms with Gasteiger partial charge in [0, 0.05) is 27.7 Å². The number of benzene rings is 1. The number of fused-ring (bicyclic) bond motifs is 1. The van der Waals surface area contributed by atoms with Crippen LogP contribution in [0.25, 0.3) is 0 Å². The summed E-state index contributed by atoms with van der Waals surface area (Å²) in [6.45, 7) is 6.70. The number of hydrogen-bond acceptors (Lipinski definition) is 4. The molecular weight excluding hydrogens is 360 g/mol. The summed E-state index contributed by atoms with van der Waals surface area (Å²) in [4.78, 5) is 13.8. The molecule has 26 heavy (non-hydrogen) atoms. The number of carbonyl (C=O) groups is 1. The molecule has 1 aliphatic rings. The second-order valence-corrected chi connectivity index (χ2v) is 9.12. The SMILES string of the molecule is CCC1(CC)CCSc2cc(C)c(C#Cc3ccc(CC(=O)[O-])s3)cc21. The maximum Gasteiger partial charge on any atom is 0.0775 e. The number of thiophene rings is 1. The van der Waals surface area contributed by atoms with E-state index in [1.165, 1.54) is 39.5 Å². The van der Waals surface area contributed by atoms with E-state index in [-0.39, 0.29) is 11.8 Å². The van der Waals surface area contributed by atoms with Crippen molar-refractivity contribution in [3.8, 4) is 11.8 Å². The number of rotatable bonds is 4. The molecule has 2 nitrogen and oxygen atoms in total. The first-order valence-corrected chi connectivity index (χ1v) is 10.9. The number of aryl methyl sites for hydroxylation is 1. The van der Waals surface area contributed by atoms with Gasteiger partial charge in [0.2, 0.25) is 0 Å². The van der Waals surface area contributed by atoms with Crippen LogP contribution in [0.2, 0.25) is 0 Å². The van der Waals surface area contributed by atoms with Crippen molar-refractivity contribution in [2.45, 2.75) is 56.8 Å². The van der Waals surface area contributed by atoms with Crippen molar-refractivity contribution in [1.29, 1.82) is 0 Å². The summed E-state index contributed by atoms with van der Waals surface area (Å²) < 4.78 is 0. The fourth-order valence-corrected chi connectivity index (χ4v) is 5.89. The quantitative estimate of drug-likeness (QED) is 0.739. The van der Waals surface area contributed by atoms with E-state index in [1.54, 1.807) is 0 Å². The summed E-state index contributed by atoms with van der Waals surface area (Å²) in [6, 6.07) is 8.30. The lowest BCUT2D eigenvalue weighted by atomic mass is 9.73. The van der Waals surface area contributed by atoms with Gasteiger partial charge in [0.05, 0.1) is 4.88 Å². The van der Waals surface area contributed by atoms with Crippen LogP contribution in [0, 0.1) is 18.8 Å². The van der Waals surface area contributed by atoms with Gasteiger partial charge in [-0.25, -0.2) is 0 Å². The minimum absolute atomic E-state index is 0.0447. The van der Waals surface area contributed by atoms with Gasteiger partial charge in [0.1, 0.15) is 0 Å². The van der Waals surface area contributed by atoms with Gasteiger partial charge >= 0.3 is 0 Å². The zero-order valence-corrected chi connectivity index (χ0v) is 17.1. The topological polar surface area (TPSA) is 40.1 Å². The van der Waals surface area contributed by atoms with E-state index in [9.17, 15) is 9.90 Å². The maximum atomic E-state index is 10.7. The van der Waals surface area contributed by atoms with Crippen molar-refractivity contribution in [1.82, 2.24) is 0 Å². The highest BCUT2D eigenvalue weighted by Crippen LogP contribution is 2.46. The zero-order chi connectivity index (χ0) is 18.7. The zero-order valence-electron chi connectivity index (χ0n) is 15.5. The molecule has 0 radical (unpaired) electrons. The Kier molecular flexibility index (Phi) is 5.79. The monoisotopic (exact) mass is 383 g/mol. The van der Waals surface area contributed by atoms with Crippen LogP contribution in [-0.4, -0.2) is 11.7 Å². The third-order valence-electron chi connectivity index (χ3n) is 5.39. The Morgan fingerprint density at radius 1 is 1.23 bits per heavy atom. The van der Waals surface area contributed by atoms with Gasteiger partial charge in [-0.3, -0.25) is 0 Å². The number of carboxylic acids is 1. The third kappa shape index (κ3) is 3.84. The molecule has 1 aromatic heterocycles. The molecule has 0 aliphatic carbocycles. The average Bonchev–Trinajstić information content (AvgIpc) is 3.06. The Morgan fingerprint density at radius 2 is 2.00 bits per heavy atom. The summed E-state index contributed by atoms with van der Waals surface area (Å²) in [5, 5.41) is 10.7. The molecule has 0 spiro atoms. The smallest absolute Gasteiger partial charge is 0.0775 e. The average molecular weight is 384 g/mol. The molecule has 0 saturated carbocycles. The molecule has 0 saturated heterocycles. The first kappa shape index (κ1) is 19.1. The molecule has 2 aromatic rings. The van der Waals surface area contributed by atoms with Crippen LogP contribution in [0.3, 0.4) is 0 Å². The van der Waals surface area contributed by atoms with Crippen LogP contribution in [0.15, 0.2) is 29.2 Å². The van der Waals surface area contributed by atoms with Crippen LogP contribution in [-0.2, 0) is 16.6 Å². The van der Waals surface area contributed by atoms with Gasteiger partial charge in [-0.1, -0.05) is 25.7 Å². The Morgan fingerprint density at radius 3 is 2.69 bits per heavy atom. The summed E-state index contributed by atoms with van der Waals surface area (Å²) in [7, 11) is 0. The van der Waals surface area contributed by atoms with Gasteiger partial charge in [-0.05, 0) is 72.7 Å². The van der Waals surface area contributed by atoms with Gasteiger partial charge in [-0.2, -0.15) is 0 Å². The molecule has 4 heteroatoms. The predicted octanol–water partition coefficient (Wildman–Crippen LogP) is 4.30. The van der Waals surface area contributed by atoms with Crippen molar-refractivity contribution in [3.05, 3.63) is 50.7 Å². The predicted molar refractivity (Wildman–Crippen MR) is 108 cm³/mol. The molecule has 0 fully saturated rings. The molecule has 136 valence electrons. The number of carboxylic acid groups (broad SMARTS) is 1. The van der Waals surface area contributed by atoms with Gasteiger partial charge in [0.15, 0.2) is 0 Å². The Balaban J connectivity index is 1.95. The van der Waals surface area contributed by atoms with Crippen molar-refractivity contribution in [2.75, 3.05) is 5.75 Å². The van der Waals surface area contributed by atoms with Gasteiger partial charge in [-0.15, -0.1) is 23.1 Å². The van der Waals surface area contributed by atoms with Crippen molar-refractivity contribution < 1.29 is 9.90 Å². The molecule has 0 amide bonds. The van der Waals surface area contributed by atoms with Crippen LogP contribution in [0.1, 0.15) is 59.6 Å². The fourth-order valence-electron chi connectivity index (χ4n) is 3.64. The Labute approximate surface area is 164 Å². The van der Waals surface area contributed by atoms with Gasteiger partial charge in [0.25, 0.3) is 0 Å². The second kappa shape index (κ2) is 7.90. The first-order chi connectivity index (χ1) is 12.5. The van der Waals surface area contributed by atoms with Crippen LogP contribution < -0.4 is 5.11 Å². The molecule has 1 aliphatic heterocycles. The van der Waals surface area contributed by atoms with Crippen LogP contribution in [0.5, 0.6) is 0 Å². The highest BCUT2D eigenvalue weighted by molar-refractivity contribution is 7.99. The van der Waals surface area contributed by atoms with Crippen molar-refractivity contribution >= 4 is 29.1 Å².